The predicted octanol–water partition coefficient (Wildman–Crippen LogP) is 1.19. The molecule has 0 saturated carbocycles. The van der Waals surface area contributed by atoms with Crippen LogP contribution < -0.4 is 10.6 Å². The molecule has 6 nitrogen and oxygen atoms in total. The Hall–Kier alpha value is -1.43. The monoisotopic (exact) mass is 297 g/mol. The average Bonchev–Trinajstić information content (AvgIpc) is 2.80. The molecule has 0 spiro atoms. The van der Waals surface area contributed by atoms with Gasteiger partial charge in [-0.1, -0.05) is 13.8 Å². The lowest BCUT2D eigenvalue weighted by Gasteiger charge is -2.27. The van der Waals surface area contributed by atoms with Crippen molar-refractivity contribution in [3.8, 4) is 0 Å². The molecule has 2 N–H and O–H groups in total. The minimum Gasteiger partial charge on any atom is -0.444 e. The molecule has 119 valence electrons. The highest BCUT2D eigenvalue weighted by Crippen LogP contribution is 2.20. The van der Waals surface area contributed by atoms with Crippen LogP contribution in [0.3, 0.4) is 0 Å². The van der Waals surface area contributed by atoms with Crippen LogP contribution in [-0.2, 0) is 14.3 Å². The van der Waals surface area contributed by atoms with Gasteiger partial charge in [0.15, 0.2) is 5.78 Å². The summed E-state index contributed by atoms with van der Waals surface area (Å²) in [4.78, 5) is 35.3. The molecule has 1 radical (unpaired) electrons. The topological polar surface area (TPSA) is 84.5 Å². The molecule has 1 fully saturated rings. The Morgan fingerprint density at radius 2 is 1.95 bits per heavy atom. The minimum atomic E-state index is -0.666. The minimum absolute atomic E-state index is 0.0853. The summed E-state index contributed by atoms with van der Waals surface area (Å²) in [5, 5.41) is 5.56. The van der Waals surface area contributed by atoms with E-state index in [0.717, 1.165) is 0 Å². The van der Waals surface area contributed by atoms with Gasteiger partial charge in [-0.2, -0.15) is 0 Å². The SMILES string of the molecule is CC(C)[C@H](NC(=O)OC(C)(C)C)C(=O)C1CCN[C@@H]1[C]=O. The van der Waals surface area contributed by atoms with Gasteiger partial charge in [0.2, 0.25) is 6.29 Å². The van der Waals surface area contributed by atoms with Gasteiger partial charge in [-0.15, -0.1) is 0 Å². The van der Waals surface area contributed by atoms with E-state index < -0.39 is 29.7 Å². The molecule has 0 bridgehead atoms. The molecule has 1 heterocycles. The normalized spacial score (nSPS) is 23.7. The smallest absolute Gasteiger partial charge is 0.408 e. The standard InChI is InChI=1S/C15H25N2O4/c1-9(2)12(17-14(20)21-15(3,4)5)13(19)10-6-7-16-11(10)8-18/h9-12,16H,6-7H2,1-5H3,(H,17,20)/t10?,11-,12+/m1/s1. The van der Waals surface area contributed by atoms with E-state index in [1.165, 1.54) is 0 Å². The zero-order valence-electron chi connectivity index (χ0n) is 13.4. The Morgan fingerprint density at radius 3 is 2.43 bits per heavy atom. The van der Waals surface area contributed by atoms with Crippen LogP contribution in [0.4, 0.5) is 4.79 Å². The van der Waals surface area contributed by atoms with Crippen LogP contribution in [0.1, 0.15) is 41.0 Å². The molecule has 1 rings (SSSR count). The first kappa shape index (κ1) is 17.6. The molecule has 1 aliphatic heterocycles. The number of hydrogen-bond donors (Lipinski definition) is 2. The third kappa shape index (κ3) is 5.12. The van der Waals surface area contributed by atoms with E-state index in [2.05, 4.69) is 10.6 Å². The molecule has 0 aromatic heterocycles. The van der Waals surface area contributed by atoms with E-state index in [-0.39, 0.29) is 11.7 Å². The summed E-state index contributed by atoms with van der Waals surface area (Å²) in [6, 6.07) is -1.25. The molecule has 1 saturated heterocycles. The van der Waals surface area contributed by atoms with Crippen LogP contribution >= 0.6 is 0 Å². The highest BCUT2D eigenvalue weighted by molar-refractivity contribution is 5.92. The van der Waals surface area contributed by atoms with Gasteiger partial charge >= 0.3 is 6.09 Å². The van der Waals surface area contributed by atoms with Crippen molar-refractivity contribution in [1.82, 2.24) is 10.6 Å². The fraction of sp³-hybridized carbons (Fsp3) is 0.800. The van der Waals surface area contributed by atoms with E-state index >= 15 is 0 Å². The molecule has 21 heavy (non-hydrogen) atoms. The molecule has 1 amide bonds. The van der Waals surface area contributed by atoms with Crippen LogP contribution in [0, 0.1) is 11.8 Å². The highest BCUT2D eigenvalue weighted by atomic mass is 16.6. The van der Waals surface area contributed by atoms with Gasteiger partial charge < -0.3 is 15.4 Å². The average molecular weight is 297 g/mol. The van der Waals surface area contributed by atoms with Crippen molar-refractivity contribution >= 4 is 18.2 Å². The van der Waals surface area contributed by atoms with Crippen molar-refractivity contribution in [1.29, 1.82) is 0 Å². The van der Waals surface area contributed by atoms with Crippen molar-refractivity contribution in [2.45, 2.75) is 58.7 Å². The molecule has 0 aromatic rings. The Balaban J connectivity index is 2.75. The van der Waals surface area contributed by atoms with Gasteiger partial charge in [-0.3, -0.25) is 9.59 Å². The molecule has 1 aliphatic rings. The second kappa shape index (κ2) is 7.02. The fourth-order valence-electron chi connectivity index (χ4n) is 2.37. The van der Waals surface area contributed by atoms with Gasteiger partial charge in [0.1, 0.15) is 5.60 Å². The summed E-state index contributed by atoms with van der Waals surface area (Å²) in [6.45, 7) is 9.59. The van der Waals surface area contributed by atoms with Crippen LogP contribution in [0.2, 0.25) is 0 Å². The quantitative estimate of drug-likeness (QED) is 0.796. The second-order valence-electron chi connectivity index (χ2n) is 6.72. The van der Waals surface area contributed by atoms with Gasteiger partial charge in [0, 0.05) is 5.92 Å². The molecular weight excluding hydrogens is 272 g/mol. The molecule has 6 heteroatoms. The van der Waals surface area contributed by atoms with Crippen LogP contribution in [-0.4, -0.2) is 42.4 Å². The number of Topliss-reactive ketones (excluding diaryl/α,β-unsaturated/α-hetero) is 1. The van der Waals surface area contributed by atoms with Crippen molar-refractivity contribution in [2.75, 3.05) is 6.54 Å². The lowest BCUT2D eigenvalue weighted by molar-refractivity contribution is -0.125. The number of ether oxygens (including phenoxy) is 1. The van der Waals surface area contributed by atoms with Crippen LogP contribution in [0.25, 0.3) is 0 Å². The first-order chi connectivity index (χ1) is 9.65. The molecule has 0 aliphatic carbocycles. The summed E-state index contributed by atoms with van der Waals surface area (Å²) in [6.07, 6.45) is 1.82. The zero-order valence-corrected chi connectivity index (χ0v) is 13.4. The van der Waals surface area contributed by atoms with Crippen LogP contribution in [0.5, 0.6) is 0 Å². The van der Waals surface area contributed by atoms with Gasteiger partial charge in [-0.05, 0) is 39.7 Å². The summed E-state index contributed by atoms with van der Waals surface area (Å²) in [5.74, 6) is -0.669. The van der Waals surface area contributed by atoms with E-state index in [9.17, 15) is 14.4 Å². The second-order valence-corrected chi connectivity index (χ2v) is 6.72. The van der Waals surface area contributed by atoms with E-state index in [1.807, 2.05) is 20.1 Å². The lowest BCUT2D eigenvalue weighted by atomic mass is 9.87. The molecule has 3 atom stereocenters. The number of alkyl carbamates (subject to hydrolysis) is 1. The largest absolute Gasteiger partial charge is 0.444 e. The van der Waals surface area contributed by atoms with Crippen molar-refractivity contribution in [2.24, 2.45) is 11.8 Å². The summed E-state index contributed by atoms with van der Waals surface area (Å²) in [7, 11) is 0. The number of carbonyl (C=O) groups is 2. The molecule has 0 aromatic carbocycles. The summed E-state index contributed by atoms with van der Waals surface area (Å²) in [5.41, 5.74) is -0.622. The Labute approximate surface area is 126 Å². The molecule has 1 unspecified atom stereocenters. The summed E-state index contributed by atoms with van der Waals surface area (Å²) >= 11 is 0. The maximum absolute atomic E-state index is 12.6. The van der Waals surface area contributed by atoms with Gasteiger partial charge in [0.25, 0.3) is 0 Å². The number of nitrogens with one attached hydrogen (secondary N) is 2. The maximum atomic E-state index is 12.6. The van der Waals surface area contributed by atoms with Crippen LogP contribution in [0.15, 0.2) is 0 Å². The Bertz CT molecular complexity index is 401. The first-order valence-corrected chi connectivity index (χ1v) is 7.30. The summed E-state index contributed by atoms with van der Waals surface area (Å²) < 4.78 is 5.19. The van der Waals surface area contributed by atoms with Crippen molar-refractivity contribution in [3.05, 3.63) is 0 Å². The third-order valence-electron chi connectivity index (χ3n) is 3.36. The first-order valence-electron chi connectivity index (χ1n) is 7.30. The zero-order chi connectivity index (χ0) is 16.2. The van der Waals surface area contributed by atoms with Crippen molar-refractivity contribution < 1.29 is 19.1 Å². The van der Waals surface area contributed by atoms with E-state index in [1.54, 1.807) is 20.8 Å². The number of rotatable bonds is 5. The van der Waals surface area contributed by atoms with E-state index in [4.69, 9.17) is 4.74 Å². The molecular formula is C15H25N2O4. The van der Waals surface area contributed by atoms with Gasteiger partial charge in [-0.25, -0.2) is 4.79 Å². The Morgan fingerprint density at radius 1 is 1.33 bits per heavy atom. The fourth-order valence-corrected chi connectivity index (χ4v) is 2.37. The maximum Gasteiger partial charge on any atom is 0.408 e. The highest BCUT2D eigenvalue weighted by Gasteiger charge is 2.38. The van der Waals surface area contributed by atoms with Crippen molar-refractivity contribution in [3.63, 3.8) is 0 Å². The number of amides is 1. The number of hydrogen-bond acceptors (Lipinski definition) is 5. The van der Waals surface area contributed by atoms with E-state index in [0.29, 0.717) is 13.0 Å². The number of carbonyl (C=O) groups excluding carboxylic acids is 3. The Kier molecular flexibility index (Phi) is 5.89. The third-order valence-corrected chi connectivity index (χ3v) is 3.36. The predicted molar refractivity (Wildman–Crippen MR) is 78.6 cm³/mol. The number of ketones is 1. The lowest BCUT2D eigenvalue weighted by Crippen LogP contribution is -2.50. The van der Waals surface area contributed by atoms with Gasteiger partial charge in [0.05, 0.1) is 12.1 Å².